The zero-order valence-electron chi connectivity index (χ0n) is 7.56. The Morgan fingerprint density at radius 2 is 1.38 bits per heavy atom. The molecule has 0 saturated carbocycles. The second-order valence-electron chi connectivity index (χ2n) is 1.83. The topological polar surface area (TPSA) is 94.7 Å². The van der Waals surface area contributed by atoms with Crippen LogP contribution >= 0.6 is 7.60 Å². The van der Waals surface area contributed by atoms with E-state index < -0.39 is 7.60 Å². The molecule has 0 saturated heterocycles. The second-order valence-corrected chi connectivity index (χ2v) is 3.34. The van der Waals surface area contributed by atoms with E-state index in [1.54, 1.807) is 6.07 Å². The number of hydrogen-bond acceptors (Lipinski definition) is 3. The van der Waals surface area contributed by atoms with Crippen molar-refractivity contribution < 1.29 is 78.9 Å². The molecule has 7 heteroatoms. The summed E-state index contributed by atoms with van der Waals surface area (Å²) in [5.41, 5.74) is 0. The van der Waals surface area contributed by atoms with Crippen LogP contribution in [-0.4, -0.2) is 5.48 Å². The van der Waals surface area contributed by atoms with Gasteiger partial charge in [-0.3, -0.25) is 0 Å². The minimum atomic E-state index is -4.52. The summed E-state index contributed by atoms with van der Waals surface area (Å²) in [5, 5.41) is -0.157. The SMILES string of the molecule is O.O=P([O-])([O-])c1ccccc1.[Na+].[Na+]. The normalized spacial score (nSPS) is 8.77. The summed E-state index contributed by atoms with van der Waals surface area (Å²) in [7, 11) is -4.52. The van der Waals surface area contributed by atoms with Crippen LogP contribution in [0.3, 0.4) is 0 Å². The van der Waals surface area contributed by atoms with Gasteiger partial charge in [-0.25, -0.2) is 0 Å². The number of benzene rings is 1. The van der Waals surface area contributed by atoms with Gasteiger partial charge in [0, 0.05) is 0 Å². The van der Waals surface area contributed by atoms with Crippen molar-refractivity contribution in [2.45, 2.75) is 0 Å². The van der Waals surface area contributed by atoms with Crippen molar-refractivity contribution in [2.24, 2.45) is 0 Å². The summed E-state index contributed by atoms with van der Waals surface area (Å²) >= 11 is 0. The summed E-state index contributed by atoms with van der Waals surface area (Å²) in [4.78, 5) is 20.6. The fourth-order valence-electron chi connectivity index (χ4n) is 0.611. The number of hydrogen-bond donors (Lipinski definition) is 0. The van der Waals surface area contributed by atoms with Crippen molar-refractivity contribution in [3.05, 3.63) is 30.3 Å². The van der Waals surface area contributed by atoms with E-state index in [9.17, 15) is 14.4 Å². The third-order valence-electron chi connectivity index (χ3n) is 1.07. The van der Waals surface area contributed by atoms with Crippen molar-refractivity contribution in [3.8, 4) is 0 Å². The molecule has 0 aliphatic carbocycles. The van der Waals surface area contributed by atoms with Gasteiger partial charge in [-0.05, 0) is 12.9 Å². The van der Waals surface area contributed by atoms with E-state index in [1.165, 1.54) is 24.3 Å². The Balaban J connectivity index is -0.000000333. The molecular formula is C6H7Na2O4P. The van der Waals surface area contributed by atoms with Crippen LogP contribution in [0.5, 0.6) is 0 Å². The molecule has 1 aromatic rings. The third kappa shape index (κ3) is 7.28. The molecule has 0 radical (unpaired) electrons. The molecule has 13 heavy (non-hydrogen) atoms. The van der Waals surface area contributed by atoms with Gasteiger partial charge in [0.05, 0.1) is 0 Å². The monoisotopic (exact) mass is 220 g/mol. The van der Waals surface area contributed by atoms with Crippen LogP contribution in [-0.2, 0) is 4.57 Å². The minimum Gasteiger partial charge on any atom is -0.807 e. The first-order valence-electron chi connectivity index (χ1n) is 2.68. The fraction of sp³-hybridized carbons (Fsp3) is 0. The maximum absolute atomic E-state index is 10.3. The van der Waals surface area contributed by atoms with Gasteiger partial charge >= 0.3 is 59.1 Å². The molecule has 0 amide bonds. The molecule has 0 aliphatic heterocycles. The Morgan fingerprint density at radius 1 is 1.00 bits per heavy atom. The Bertz CT molecular complexity index is 261. The molecule has 0 bridgehead atoms. The average molecular weight is 220 g/mol. The molecule has 0 heterocycles. The van der Waals surface area contributed by atoms with E-state index in [1.807, 2.05) is 0 Å². The van der Waals surface area contributed by atoms with Crippen LogP contribution < -0.4 is 74.2 Å². The molecule has 1 rings (SSSR count). The average Bonchev–Trinajstić information content (AvgIpc) is 1.88. The van der Waals surface area contributed by atoms with Gasteiger partial charge in [0.25, 0.3) is 0 Å². The van der Waals surface area contributed by atoms with Crippen LogP contribution in [0.4, 0.5) is 0 Å². The molecule has 0 unspecified atom stereocenters. The van der Waals surface area contributed by atoms with E-state index in [0.717, 1.165) is 0 Å². The first-order valence-corrected chi connectivity index (χ1v) is 4.22. The van der Waals surface area contributed by atoms with E-state index >= 15 is 0 Å². The Kier molecular flexibility index (Phi) is 13.2. The van der Waals surface area contributed by atoms with E-state index in [-0.39, 0.29) is 69.9 Å². The third-order valence-corrected chi connectivity index (χ3v) is 2.00. The van der Waals surface area contributed by atoms with Gasteiger partial charge in [-0.2, -0.15) is 0 Å². The number of rotatable bonds is 1. The summed E-state index contributed by atoms with van der Waals surface area (Å²) in [6.07, 6.45) is 0. The van der Waals surface area contributed by atoms with Crippen LogP contribution in [0.25, 0.3) is 0 Å². The molecule has 2 N–H and O–H groups in total. The molecular weight excluding hydrogens is 213 g/mol. The summed E-state index contributed by atoms with van der Waals surface area (Å²) < 4.78 is 10.3. The zero-order valence-corrected chi connectivity index (χ0v) is 12.5. The van der Waals surface area contributed by atoms with Crippen molar-refractivity contribution in [1.82, 2.24) is 0 Å². The van der Waals surface area contributed by atoms with Crippen LogP contribution in [0.15, 0.2) is 30.3 Å². The quantitative estimate of drug-likeness (QED) is 0.347. The predicted molar refractivity (Wildman–Crippen MR) is 37.3 cm³/mol. The molecule has 0 fully saturated rings. The molecule has 4 nitrogen and oxygen atoms in total. The first-order chi connectivity index (χ1) is 4.61. The van der Waals surface area contributed by atoms with Crippen LogP contribution in [0.1, 0.15) is 0 Å². The van der Waals surface area contributed by atoms with Gasteiger partial charge in [0.2, 0.25) is 0 Å². The summed E-state index contributed by atoms with van der Waals surface area (Å²) in [5.74, 6) is 0. The first kappa shape index (κ1) is 19.8. The van der Waals surface area contributed by atoms with Crippen molar-refractivity contribution in [2.75, 3.05) is 0 Å². The van der Waals surface area contributed by atoms with Crippen molar-refractivity contribution in [1.29, 1.82) is 0 Å². The second kappa shape index (κ2) is 8.62. The predicted octanol–water partition coefficient (Wildman–Crippen LogP) is -7.59. The molecule has 0 spiro atoms. The van der Waals surface area contributed by atoms with Gasteiger partial charge in [0.1, 0.15) is 0 Å². The summed E-state index contributed by atoms with van der Waals surface area (Å²) in [6.45, 7) is 0. The van der Waals surface area contributed by atoms with Crippen LogP contribution in [0.2, 0.25) is 0 Å². The van der Waals surface area contributed by atoms with Crippen molar-refractivity contribution in [3.63, 3.8) is 0 Å². The smallest absolute Gasteiger partial charge is 0.807 e. The van der Waals surface area contributed by atoms with Gasteiger partial charge in [0.15, 0.2) is 0 Å². The van der Waals surface area contributed by atoms with E-state index in [0.29, 0.717) is 0 Å². The molecule has 0 aliphatic rings. The molecule has 0 aromatic heterocycles. The molecule has 62 valence electrons. The van der Waals surface area contributed by atoms with Gasteiger partial charge < -0.3 is 19.8 Å². The fourth-order valence-corrected chi connectivity index (χ4v) is 1.15. The summed E-state index contributed by atoms with van der Waals surface area (Å²) in [6, 6.07) is 7.23. The molecule has 0 atom stereocenters. The van der Waals surface area contributed by atoms with Crippen molar-refractivity contribution >= 4 is 12.9 Å². The zero-order chi connectivity index (χ0) is 7.61. The largest absolute Gasteiger partial charge is 1.00 e. The van der Waals surface area contributed by atoms with Gasteiger partial charge in [-0.15, -0.1) is 0 Å². The Hall–Kier alpha value is 1.33. The van der Waals surface area contributed by atoms with Crippen LogP contribution in [0, 0.1) is 0 Å². The maximum Gasteiger partial charge on any atom is 1.00 e. The van der Waals surface area contributed by atoms with E-state index in [2.05, 4.69) is 0 Å². The van der Waals surface area contributed by atoms with E-state index in [4.69, 9.17) is 0 Å². The minimum absolute atomic E-state index is 0. The standard InChI is InChI=1S/C6H7O3P.2Na.H2O/c7-10(8,9)6-4-2-1-3-5-6;;;/h1-5H,(H2,7,8,9);;;1H2/q;2*+1;/p-2. The Morgan fingerprint density at radius 3 is 1.62 bits per heavy atom. The molecule has 1 aromatic carbocycles. The Labute approximate surface area is 121 Å². The maximum atomic E-state index is 10.3. The van der Waals surface area contributed by atoms with Gasteiger partial charge in [-0.1, -0.05) is 30.3 Å².